The van der Waals surface area contributed by atoms with E-state index < -0.39 is 6.10 Å². The Morgan fingerprint density at radius 2 is 1.96 bits per heavy atom. The number of aliphatic hydroxyl groups excluding tert-OH is 1. The van der Waals surface area contributed by atoms with Gasteiger partial charge >= 0.3 is 0 Å². The lowest BCUT2D eigenvalue weighted by Crippen LogP contribution is -1.98. The van der Waals surface area contributed by atoms with Gasteiger partial charge in [-0.25, -0.2) is 0 Å². The van der Waals surface area contributed by atoms with Gasteiger partial charge in [0.25, 0.3) is 0 Å². The average molecular weight is 353 g/mol. The van der Waals surface area contributed by atoms with Crippen molar-refractivity contribution >= 4 is 23.5 Å². The molecule has 25 heavy (non-hydrogen) atoms. The van der Waals surface area contributed by atoms with Crippen LogP contribution in [0.3, 0.4) is 0 Å². The third-order valence-electron chi connectivity index (χ3n) is 3.98. The molecule has 5 heteroatoms. The maximum Gasteiger partial charge on any atom is 0.160 e. The molecule has 0 amide bonds. The van der Waals surface area contributed by atoms with E-state index in [1.54, 1.807) is 11.8 Å². The lowest BCUT2D eigenvalue weighted by atomic mass is 10.1. The zero-order chi connectivity index (χ0) is 17.8. The van der Waals surface area contributed by atoms with Crippen molar-refractivity contribution in [3.8, 4) is 0 Å². The molecule has 0 saturated carbocycles. The highest BCUT2D eigenvalue weighted by Gasteiger charge is 2.10. The second kappa shape index (κ2) is 7.85. The van der Waals surface area contributed by atoms with Gasteiger partial charge in [-0.2, -0.15) is 0 Å². The third kappa shape index (κ3) is 4.11. The zero-order valence-corrected chi connectivity index (χ0v) is 15.6. The largest absolute Gasteiger partial charge is 0.389 e. The number of hydrogen-bond donors (Lipinski definition) is 1. The molecular weight excluding hydrogens is 330 g/mol. The summed E-state index contributed by atoms with van der Waals surface area (Å²) in [6.07, 6.45) is 6.25. The van der Waals surface area contributed by atoms with Crippen LogP contribution in [0.5, 0.6) is 0 Å². The van der Waals surface area contributed by atoms with E-state index in [4.69, 9.17) is 0 Å². The summed E-state index contributed by atoms with van der Waals surface area (Å²) in [4.78, 5) is 2.28. The Hall–Kier alpha value is -2.11. The lowest BCUT2D eigenvalue weighted by molar-refractivity contribution is 0.220. The summed E-state index contributed by atoms with van der Waals surface area (Å²) in [7, 11) is 0. The summed E-state index contributed by atoms with van der Waals surface area (Å²) in [5.41, 5.74) is 1.97. The highest BCUT2D eigenvalue weighted by molar-refractivity contribution is 7.99. The number of hydrogen-bond acceptors (Lipinski definition) is 4. The highest BCUT2D eigenvalue weighted by atomic mass is 32.2. The molecule has 1 atom stereocenters. The van der Waals surface area contributed by atoms with Crippen molar-refractivity contribution in [3.63, 3.8) is 0 Å². The molecule has 0 radical (unpaired) electrons. The van der Waals surface area contributed by atoms with E-state index in [-0.39, 0.29) is 0 Å². The summed E-state index contributed by atoms with van der Waals surface area (Å²) >= 11 is 1.70. The topological polar surface area (TPSA) is 50.4 Å². The van der Waals surface area contributed by atoms with Crippen molar-refractivity contribution in [2.75, 3.05) is 0 Å². The van der Waals surface area contributed by atoms with Crippen molar-refractivity contribution in [2.45, 2.75) is 49.0 Å². The molecule has 0 aliphatic carbocycles. The minimum atomic E-state index is -0.403. The van der Waals surface area contributed by atoms with Crippen LogP contribution in [-0.4, -0.2) is 25.8 Å². The summed E-state index contributed by atoms with van der Waals surface area (Å²) < 4.78 is 2.06. The molecule has 0 bridgehead atoms. The molecule has 2 heterocycles. The van der Waals surface area contributed by atoms with Crippen molar-refractivity contribution in [3.05, 3.63) is 60.1 Å². The van der Waals surface area contributed by atoms with E-state index in [9.17, 15) is 5.11 Å². The molecule has 4 nitrogen and oxygen atoms in total. The Morgan fingerprint density at radius 1 is 1.16 bits per heavy atom. The lowest BCUT2D eigenvalue weighted by Gasteiger charge is -2.08. The molecule has 3 rings (SSSR count). The van der Waals surface area contributed by atoms with Gasteiger partial charge in [-0.1, -0.05) is 62.9 Å². The second-order valence-corrected chi connectivity index (χ2v) is 7.40. The quantitative estimate of drug-likeness (QED) is 0.692. The smallest absolute Gasteiger partial charge is 0.160 e. The summed E-state index contributed by atoms with van der Waals surface area (Å²) in [6, 6.07) is 12.3. The molecule has 0 fully saturated rings. The maximum absolute atomic E-state index is 9.77. The maximum atomic E-state index is 9.77. The predicted octanol–water partition coefficient (Wildman–Crippen LogP) is 4.79. The number of benzene rings is 1. The summed E-state index contributed by atoms with van der Waals surface area (Å²) in [5, 5.41) is 18.3. The molecule has 0 saturated heterocycles. The first-order valence-corrected chi connectivity index (χ1v) is 9.38. The van der Waals surface area contributed by atoms with E-state index in [1.807, 2.05) is 37.3 Å². The van der Waals surface area contributed by atoms with Gasteiger partial charge in [0.2, 0.25) is 0 Å². The number of fused-ring (bicyclic) bond motifs is 1. The van der Waals surface area contributed by atoms with Gasteiger partial charge in [-0.15, -0.1) is 10.2 Å². The SMILES string of the molecule is CCC(O)/C=C/c1ccccc1Sc1ccc2nnc(C(C)C)n2c1. The van der Waals surface area contributed by atoms with Gasteiger partial charge < -0.3 is 5.11 Å². The van der Waals surface area contributed by atoms with Crippen molar-refractivity contribution in [2.24, 2.45) is 0 Å². The summed E-state index contributed by atoms with van der Waals surface area (Å²) in [5.74, 6) is 1.29. The Labute approximate surface area is 152 Å². The van der Waals surface area contributed by atoms with E-state index in [1.165, 1.54) is 0 Å². The molecular formula is C20H23N3OS. The molecule has 0 spiro atoms. The van der Waals surface area contributed by atoms with Gasteiger partial charge in [0.05, 0.1) is 6.10 Å². The molecule has 3 aromatic rings. The third-order valence-corrected chi connectivity index (χ3v) is 5.05. The minimum Gasteiger partial charge on any atom is -0.389 e. The van der Waals surface area contributed by atoms with E-state index >= 15 is 0 Å². The van der Waals surface area contributed by atoms with Crippen LogP contribution in [0.15, 0.2) is 58.5 Å². The van der Waals surface area contributed by atoms with E-state index in [2.05, 4.69) is 52.8 Å². The summed E-state index contributed by atoms with van der Waals surface area (Å²) in [6.45, 7) is 6.21. The monoisotopic (exact) mass is 353 g/mol. The zero-order valence-electron chi connectivity index (χ0n) is 14.8. The first-order valence-electron chi connectivity index (χ1n) is 8.56. The molecule has 2 aromatic heterocycles. The second-order valence-electron chi connectivity index (χ2n) is 6.28. The number of rotatable bonds is 6. The fraction of sp³-hybridized carbons (Fsp3) is 0.300. The van der Waals surface area contributed by atoms with Gasteiger partial charge in [0, 0.05) is 21.9 Å². The van der Waals surface area contributed by atoms with Crippen molar-refractivity contribution in [1.82, 2.24) is 14.6 Å². The van der Waals surface area contributed by atoms with Gasteiger partial charge in [0.1, 0.15) is 5.82 Å². The number of nitrogens with zero attached hydrogens (tertiary/aromatic N) is 3. The molecule has 0 aliphatic rings. The Morgan fingerprint density at radius 3 is 2.72 bits per heavy atom. The molecule has 0 aliphatic heterocycles. The fourth-order valence-corrected chi connectivity index (χ4v) is 3.48. The Bertz CT molecular complexity index is 886. The number of pyridine rings is 1. The van der Waals surface area contributed by atoms with Crippen LogP contribution < -0.4 is 0 Å². The standard InChI is InChI=1S/C20H23N3OS/c1-4-16(24)10-9-15-7-5-6-8-18(15)25-17-11-12-19-21-22-20(14(2)3)23(19)13-17/h5-14,16,24H,4H2,1-3H3/b10-9+. The highest BCUT2D eigenvalue weighted by Crippen LogP contribution is 2.31. The molecule has 130 valence electrons. The minimum absolute atomic E-state index is 0.320. The van der Waals surface area contributed by atoms with Crippen LogP contribution >= 0.6 is 11.8 Å². The first-order chi connectivity index (χ1) is 12.1. The number of aliphatic hydroxyl groups is 1. The number of aromatic nitrogens is 3. The fourth-order valence-electron chi connectivity index (χ4n) is 2.53. The van der Waals surface area contributed by atoms with Gasteiger partial charge in [-0.05, 0) is 30.2 Å². The van der Waals surface area contributed by atoms with Crippen LogP contribution in [0, 0.1) is 0 Å². The van der Waals surface area contributed by atoms with Crippen molar-refractivity contribution < 1.29 is 5.11 Å². The van der Waals surface area contributed by atoms with Gasteiger partial charge in [-0.3, -0.25) is 4.40 Å². The normalized spacial score (nSPS) is 13.2. The van der Waals surface area contributed by atoms with Gasteiger partial charge in [0.15, 0.2) is 5.65 Å². The molecule has 1 unspecified atom stereocenters. The Balaban J connectivity index is 1.91. The van der Waals surface area contributed by atoms with E-state index in [0.717, 1.165) is 26.8 Å². The van der Waals surface area contributed by atoms with Crippen LogP contribution in [-0.2, 0) is 0 Å². The first kappa shape index (κ1) is 17.7. The van der Waals surface area contributed by atoms with Crippen LogP contribution in [0.4, 0.5) is 0 Å². The molecule has 1 N–H and O–H groups in total. The predicted molar refractivity (Wildman–Crippen MR) is 103 cm³/mol. The van der Waals surface area contributed by atoms with Crippen LogP contribution in [0.2, 0.25) is 0 Å². The van der Waals surface area contributed by atoms with Crippen LogP contribution in [0.25, 0.3) is 11.7 Å². The van der Waals surface area contributed by atoms with Crippen molar-refractivity contribution in [1.29, 1.82) is 0 Å². The molecule has 1 aromatic carbocycles. The van der Waals surface area contributed by atoms with Crippen LogP contribution in [0.1, 0.15) is 44.5 Å². The van der Waals surface area contributed by atoms with E-state index in [0.29, 0.717) is 12.3 Å². The Kier molecular flexibility index (Phi) is 5.56. The average Bonchev–Trinajstić information content (AvgIpc) is 3.04.